The molecule has 1 atom stereocenters. The van der Waals surface area contributed by atoms with Crippen molar-refractivity contribution in [3.05, 3.63) is 76.8 Å². The molecule has 1 saturated heterocycles. The molecule has 3 aromatic carbocycles. The van der Waals surface area contributed by atoms with E-state index < -0.39 is 6.10 Å². The number of ether oxygens (including phenoxy) is 1. The Morgan fingerprint density at radius 2 is 1.54 bits per heavy atom. The maximum atomic E-state index is 13.1. The van der Waals surface area contributed by atoms with Gasteiger partial charge in [0.05, 0.1) is 0 Å². The third kappa shape index (κ3) is 5.46. The van der Waals surface area contributed by atoms with Gasteiger partial charge in [-0.25, -0.2) is 0 Å². The molecule has 2 amide bonds. The first-order valence-electron chi connectivity index (χ1n) is 11.7. The number of aliphatic hydroxyl groups is 1. The number of carbonyl (C=O) groups excluding carboxylic acids is 2. The van der Waals surface area contributed by atoms with Crippen LogP contribution in [0, 0.1) is 5.92 Å². The molecular formula is C27H28Cl2N2O4. The zero-order valence-electron chi connectivity index (χ0n) is 19.2. The van der Waals surface area contributed by atoms with E-state index in [1.807, 2.05) is 36.4 Å². The largest absolute Gasteiger partial charge is 0.491 e. The Hall–Kier alpha value is -2.64. The number of hydrogen-bond donors (Lipinski definition) is 1. The van der Waals surface area contributed by atoms with Crippen LogP contribution in [-0.4, -0.2) is 65.6 Å². The van der Waals surface area contributed by atoms with Gasteiger partial charge in [0.2, 0.25) is 0 Å². The maximum absolute atomic E-state index is 13.1. The number of hydrogen-bond acceptors (Lipinski definition) is 5. The van der Waals surface area contributed by atoms with Gasteiger partial charge in [0, 0.05) is 34.6 Å². The zero-order valence-corrected chi connectivity index (χ0v) is 20.8. The van der Waals surface area contributed by atoms with Crippen molar-refractivity contribution < 1.29 is 19.4 Å². The Morgan fingerprint density at radius 1 is 0.943 bits per heavy atom. The summed E-state index contributed by atoms with van der Waals surface area (Å²) in [6, 6.07) is 18.3. The summed E-state index contributed by atoms with van der Waals surface area (Å²) in [5, 5.41) is 12.7. The van der Waals surface area contributed by atoms with Gasteiger partial charge in [0.25, 0.3) is 11.8 Å². The second kappa shape index (κ2) is 11.0. The van der Waals surface area contributed by atoms with E-state index in [4.69, 9.17) is 16.3 Å². The van der Waals surface area contributed by atoms with Crippen molar-refractivity contribution in [2.75, 3.05) is 32.8 Å². The SMILES string of the molecule is Cl.O=C1c2cccc3cccc(c23)C(=O)N1CC1CCN(CC(O)COc2ccc(Cl)cc2)CC1. The molecule has 0 radical (unpaired) electrons. The van der Waals surface area contributed by atoms with Gasteiger partial charge >= 0.3 is 0 Å². The molecule has 3 aromatic rings. The van der Waals surface area contributed by atoms with Gasteiger partial charge in [0.1, 0.15) is 18.5 Å². The van der Waals surface area contributed by atoms with Crippen molar-refractivity contribution in [1.29, 1.82) is 0 Å². The molecule has 0 bridgehead atoms. The van der Waals surface area contributed by atoms with Crippen LogP contribution in [-0.2, 0) is 0 Å². The molecule has 1 unspecified atom stereocenters. The predicted molar refractivity (Wildman–Crippen MR) is 139 cm³/mol. The molecule has 8 heteroatoms. The van der Waals surface area contributed by atoms with Crippen molar-refractivity contribution >= 4 is 46.6 Å². The molecule has 0 saturated carbocycles. The topological polar surface area (TPSA) is 70.1 Å². The first kappa shape index (κ1) is 25.5. The zero-order chi connectivity index (χ0) is 23.7. The first-order valence-corrected chi connectivity index (χ1v) is 12.0. The molecule has 1 N–H and O–H groups in total. The van der Waals surface area contributed by atoms with E-state index in [9.17, 15) is 14.7 Å². The number of rotatable bonds is 7. The Balaban J connectivity index is 0.00000289. The van der Waals surface area contributed by atoms with Gasteiger partial charge < -0.3 is 14.7 Å². The van der Waals surface area contributed by atoms with Crippen molar-refractivity contribution in [3.8, 4) is 5.75 Å². The number of amides is 2. The quantitative estimate of drug-likeness (QED) is 0.464. The van der Waals surface area contributed by atoms with Crippen molar-refractivity contribution in [1.82, 2.24) is 9.80 Å². The Labute approximate surface area is 215 Å². The lowest BCUT2D eigenvalue weighted by atomic mass is 9.91. The number of halogens is 2. The van der Waals surface area contributed by atoms with Crippen LogP contribution >= 0.6 is 24.0 Å². The summed E-state index contributed by atoms with van der Waals surface area (Å²) in [6.07, 6.45) is 1.14. The smallest absolute Gasteiger partial charge is 0.261 e. The lowest BCUT2D eigenvalue weighted by Gasteiger charge is -2.36. The highest BCUT2D eigenvalue weighted by Crippen LogP contribution is 2.31. The molecular weight excluding hydrogens is 487 g/mol. The molecule has 0 aliphatic carbocycles. The highest BCUT2D eigenvalue weighted by Gasteiger charge is 2.34. The number of likely N-dealkylation sites (tertiary alicyclic amines) is 1. The van der Waals surface area contributed by atoms with Gasteiger partial charge in [-0.2, -0.15) is 0 Å². The van der Waals surface area contributed by atoms with Crippen LogP contribution in [0.15, 0.2) is 60.7 Å². The summed E-state index contributed by atoms with van der Waals surface area (Å²) in [7, 11) is 0. The van der Waals surface area contributed by atoms with Gasteiger partial charge in [-0.3, -0.25) is 14.5 Å². The molecule has 5 rings (SSSR count). The van der Waals surface area contributed by atoms with E-state index in [1.165, 1.54) is 4.90 Å². The molecule has 1 fully saturated rings. The Morgan fingerprint density at radius 3 is 2.14 bits per heavy atom. The van der Waals surface area contributed by atoms with Crippen LogP contribution in [0.3, 0.4) is 0 Å². The van der Waals surface area contributed by atoms with E-state index >= 15 is 0 Å². The normalized spacial score (nSPS) is 17.4. The highest BCUT2D eigenvalue weighted by molar-refractivity contribution is 6.30. The van der Waals surface area contributed by atoms with Gasteiger partial charge in [0.15, 0.2) is 0 Å². The fourth-order valence-electron chi connectivity index (χ4n) is 4.93. The minimum Gasteiger partial charge on any atom is -0.491 e. The van der Waals surface area contributed by atoms with Crippen LogP contribution in [0.2, 0.25) is 5.02 Å². The summed E-state index contributed by atoms with van der Waals surface area (Å²) in [5.41, 5.74) is 1.21. The molecule has 2 aliphatic rings. The molecule has 2 aliphatic heterocycles. The third-order valence-corrected chi connectivity index (χ3v) is 6.98. The summed E-state index contributed by atoms with van der Waals surface area (Å²) in [6.45, 7) is 2.79. The average Bonchev–Trinajstić information content (AvgIpc) is 2.85. The predicted octanol–water partition coefficient (Wildman–Crippen LogP) is 4.66. The Bertz CT molecular complexity index is 1160. The number of imide groups is 1. The molecule has 0 spiro atoms. The minimum atomic E-state index is -0.602. The van der Waals surface area contributed by atoms with Gasteiger partial charge in [-0.05, 0) is 73.6 Å². The van der Waals surface area contributed by atoms with E-state index in [0.717, 1.165) is 36.7 Å². The van der Waals surface area contributed by atoms with Crippen molar-refractivity contribution in [3.63, 3.8) is 0 Å². The lowest BCUT2D eigenvalue weighted by molar-refractivity contribution is 0.0453. The average molecular weight is 515 g/mol. The van der Waals surface area contributed by atoms with E-state index in [0.29, 0.717) is 35.0 Å². The summed E-state index contributed by atoms with van der Waals surface area (Å²) >= 11 is 5.88. The summed E-state index contributed by atoms with van der Waals surface area (Å²) in [4.78, 5) is 29.9. The highest BCUT2D eigenvalue weighted by atomic mass is 35.5. The summed E-state index contributed by atoms with van der Waals surface area (Å²) in [5.74, 6) is 0.518. The fourth-order valence-corrected chi connectivity index (χ4v) is 5.06. The molecule has 184 valence electrons. The third-order valence-electron chi connectivity index (χ3n) is 6.73. The van der Waals surface area contributed by atoms with E-state index in [2.05, 4.69) is 4.90 Å². The van der Waals surface area contributed by atoms with Gasteiger partial charge in [-0.15, -0.1) is 12.4 Å². The lowest BCUT2D eigenvalue weighted by Crippen LogP contribution is -2.46. The fraction of sp³-hybridized carbons (Fsp3) is 0.333. The first-order chi connectivity index (χ1) is 16.5. The van der Waals surface area contributed by atoms with Crippen LogP contribution in [0.25, 0.3) is 10.8 Å². The minimum absolute atomic E-state index is 0. The number of piperidine rings is 1. The summed E-state index contributed by atoms with van der Waals surface area (Å²) < 4.78 is 5.65. The maximum Gasteiger partial charge on any atom is 0.261 e. The standard InChI is InChI=1S/C27H27ClN2O4.ClH/c28-20-7-9-22(10-8-20)34-17-21(31)16-29-13-11-18(12-14-29)15-30-26(32)23-5-1-3-19-4-2-6-24(25(19)23)27(30)33;/h1-10,18,21,31H,11-17H2;1H. The number of aliphatic hydroxyl groups excluding tert-OH is 1. The second-order valence-corrected chi connectivity index (χ2v) is 9.53. The van der Waals surface area contributed by atoms with Crippen LogP contribution in [0.5, 0.6) is 5.75 Å². The van der Waals surface area contributed by atoms with E-state index in [-0.39, 0.29) is 36.7 Å². The molecule has 0 aromatic heterocycles. The van der Waals surface area contributed by atoms with Gasteiger partial charge in [-0.1, -0.05) is 35.9 Å². The van der Waals surface area contributed by atoms with Crippen molar-refractivity contribution in [2.45, 2.75) is 18.9 Å². The number of nitrogens with zero attached hydrogens (tertiary/aromatic N) is 2. The number of β-amino-alcohol motifs (C(OH)–C–C–N with tert-alkyl or cyclic N) is 1. The van der Waals surface area contributed by atoms with E-state index in [1.54, 1.807) is 24.3 Å². The van der Waals surface area contributed by atoms with Crippen LogP contribution in [0.1, 0.15) is 33.6 Å². The molecule has 35 heavy (non-hydrogen) atoms. The second-order valence-electron chi connectivity index (χ2n) is 9.09. The number of carbonyl (C=O) groups is 2. The molecule has 6 nitrogen and oxygen atoms in total. The monoisotopic (exact) mass is 514 g/mol. The Kier molecular flexibility index (Phi) is 7.97. The van der Waals surface area contributed by atoms with Crippen molar-refractivity contribution in [2.24, 2.45) is 5.92 Å². The molecule has 2 heterocycles. The van der Waals surface area contributed by atoms with Crippen LogP contribution in [0.4, 0.5) is 0 Å². The number of benzene rings is 3. The van der Waals surface area contributed by atoms with Crippen LogP contribution < -0.4 is 4.74 Å².